The maximum absolute atomic E-state index is 12.5. The first-order valence-corrected chi connectivity index (χ1v) is 11.2. The van der Waals surface area contributed by atoms with Crippen molar-refractivity contribution in [1.29, 1.82) is 0 Å². The normalized spacial score (nSPS) is 15.1. The Morgan fingerprint density at radius 1 is 1.38 bits per heavy atom. The molecule has 0 atom stereocenters. The molecule has 1 aliphatic heterocycles. The summed E-state index contributed by atoms with van der Waals surface area (Å²) in [6.07, 6.45) is 3.70. The van der Waals surface area contributed by atoms with Gasteiger partial charge in [-0.25, -0.2) is 13.4 Å². The number of carbonyl (C=O) groups excluding carboxylic acids is 1. The largest absolute Gasteiger partial charge is 0.298 e. The van der Waals surface area contributed by atoms with E-state index in [1.807, 2.05) is 24.5 Å². The first-order valence-electron chi connectivity index (χ1n) is 7.26. The van der Waals surface area contributed by atoms with E-state index in [0.29, 0.717) is 30.2 Å². The van der Waals surface area contributed by atoms with Gasteiger partial charge in [0.15, 0.2) is 5.13 Å². The predicted molar refractivity (Wildman–Crippen MR) is 97.2 cm³/mol. The second-order valence-electron chi connectivity index (χ2n) is 5.39. The van der Waals surface area contributed by atoms with Gasteiger partial charge in [0.2, 0.25) is 10.0 Å². The third-order valence-corrected chi connectivity index (χ3v) is 6.78. The number of nitrogens with zero attached hydrogens (tertiary/aromatic N) is 2. The van der Waals surface area contributed by atoms with Crippen LogP contribution in [0, 0.1) is 0 Å². The maximum atomic E-state index is 12.5. The zero-order valence-electron chi connectivity index (χ0n) is 13.3. The molecule has 1 aromatic carbocycles. The third-order valence-electron chi connectivity index (χ3n) is 3.74. The number of anilines is 1. The van der Waals surface area contributed by atoms with Gasteiger partial charge in [0.25, 0.3) is 5.91 Å². The Morgan fingerprint density at radius 2 is 2.12 bits per heavy atom. The van der Waals surface area contributed by atoms with E-state index in [4.69, 9.17) is 0 Å². The highest BCUT2D eigenvalue weighted by atomic mass is 32.2. The summed E-state index contributed by atoms with van der Waals surface area (Å²) in [5.74, 6) is -0.203. The molecule has 0 unspecified atom stereocenters. The van der Waals surface area contributed by atoms with Gasteiger partial charge in [-0.1, -0.05) is 12.1 Å². The Balaban J connectivity index is 1.78. The van der Waals surface area contributed by atoms with E-state index in [9.17, 15) is 13.2 Å². The van der Waals surface area contributed by atoms with Crippen LogP contribution >= 0.6 is 23.1 Å². The monoisotopic (exact) mass is 383 g/mol. The minimum atomic E-state index is -3.21. The minimum absolute atomic E-state index is 0.203. The van der Waals surface area contributed by atoms with Crippen molar-refractivity contribution < 1.29 is 13.2 Å². The number of carbonyl (C=O) groups is 1. The number of thioether (sulfide) groups is 1. The van der Waals surface area contributed by atoms with Crippen LogP contribution in [0.5, 0.6) is 0 Å². The topological polar surface area (TPSA) is 79.4 Å². The highest BCUT2D eigenvalue weighted by Crippen LogP contribution is 2.30. The zero-order valence-corrected chi connectivity index (χ0v) is 15.7. The average Bonchev–Trinajstić information content (AvgIpc) is 2.95. The van der Waals surface area contributed by atoms with Crippen molar-refractivity contribution in [3.05, 3.63) is 40.4 Å². The predicted octanol–water partition coefficient (Wildman–Crippen LogP) is 2.44. The maximum Gasteiger partial charge on any atom is 0.258 e. The summed E-state index contributed by atoms with van der Waals surface area (Å²) in [6.45, 7) is 0.751. The quantitative estimate of drug-likeness (QED) is 0.821. The summed E-state index contributed by atoms with van der Waals surface area (Å²) < 4.78 is 24.8. The summed E-state index contributed by atoms with van der Waals surface area (Å²) in [7, 11) is -3.21. The van der Waals surface area contributed by atoms with Gasteiger partial charge in [0, 0.05) is 29.3 Å². The zero-order chi connectivity index (χ0) is 17.3. The molecule has 0 saturated carbocycles. The summed E-state index contributed by atoms with van der Waals surface area (Å²) in [5.41, 5.74) is 1.48. The Morgan fingerprint density at radius 3 is 2.83 bits per heavy atom. The first-order chi connectivity index (χ1) is 11.4. The second-order valence-corrected chi connectivity index (χ2v) is 9.30. The number of benzene rings is 1. The van der Waals surface area contributed by atoms with Crippen LogP contribution in [-0.4, -0.2) is 42.7 Å². The van der Waals surface area contributed by atoms with Crippen molar-refractivity contribution in [2.24, 2.45) is 0 Å². The molecule has 1 N–H and O–H groups in total. The molecular weight excluding hydrogens is 366 g/mol. The van der Waals surface area contributed by atoms with Gasteiger partial charge in [0.1, 0.15) is 0 Å². The molecule has 2 heterocycles. The van der Waals surface area contributed by atoms with E-state index in [1.165, 1.54) is 33.7 Å². The van der Waals surface area contributed by atoms with Crippen molar-refractivity contribution >= 4 is 44.2 Å². The lowest BCUT2D eigenvalue weighted by atomic mass is 10.2. The molecule has 0 radical (unpaired) electrons. The lowest BCUT2D eigenvalue weighted by Crippen LogP contribution is -2.34. The molecule has 1 amide bonds. The second kappa shape index (κ2) is 6.83. The number of nitrogens with one attached hydrogen (secondary N) is 1. The number of hydrogen-bond acceptors (Lipinski definition) is 6. The highest BCUT2D eigenvalue weighted by molar-refractivity contribution is 7.98. The molecule has 2 aromatic rings. The average molecular weight is 384 g/mol. The lowest BCUT2D eigenvalue weighted by Gasteiger charge is -2.23. The van der Waals surface area contributed by atoms with Gasteiger partial charge in [-0.2, -0.15) is 4.31 Å². The lowest BCUT2D eigenvalue weighted by molar-refractivity contribution is 0.102. The molecule has 9 heteroatoms. The standard InChI is InChI=1S/C15H17N3O3S3/c1-22-12-6-4-3-5-10(12)14(19)17-15-16-11-7-8-18(24(2,20)21)9-13(11)23-15/h3-6H,7-9H2,1-2H3,(H,16,17,19). The molecule has 24 heavy (non-hydrogen) atoms. The number of aromatic nitrogens is 1. The molecule has 6 nitrogen and oxygen atoms in total. The van der Waals surface area contributed by atoms with Crippen molar-refractivity contribution in [3.8, 4) is 0 Å². The van der Waals surface area contributed by atoms with Gasteiger partial charge < -0.3 is 0 Å². The fourth-order valence-corrected chi connectivity index (χ4v) is 4.99. The van der Waals surface area contributed by atoms with Gasteiger partial charge in [-0.05, 0) is 18.4 Å². The Labute approximate surface area is 149 Å². The van der Waals surface area contributed by atoms with Crippen LogP contribution in [-0.2, 0) is 23.0 Å². The van der Waals surface area contributed by atoms with Gasteiger partial charge >= 0.3 is 0 Å². The molecule has 1 aliphatic rings. The fraction of sp³-hybridized carbons (Fsp3) is 0.333. The van der Waals surface area contributed by atoms with Crippen molar-refractivity contribution in [3.63, 3.8) is 0 Å². The van der Waals surface area contributed by atoms with E-state index in [0.717, 1.165) is 15.5 Å². The van der Waals surface area contributed by atoms with Gasteiger partial charge in [-0.15, -0.1) is 23.1 Å². The summed E-state index contributed by atoms with van der Waals surface area (Å²) in [5, 5.41) is 3.34. The van der Waals surface area contributed by atoms with Crippen LogP contribution in [0.2, 0.25) is 0 Å². The molecule has 1 aromatic heterocycles. The van der Waals surface area contributed by atoms with Gasteiger partial charge in [0.05, 0.1) is 17.5 Å². The number of hydrogen-bond donors (Lipinski definition) is 1. The van der Waals surface area contributed by atoms with Crippen molar-refractivity contribution in [1.82, 2.24) is 9.29 Å². The molecule has 3 rings (SSSR count). The molecule has 0 spiro atoms. The fourth-order valence-electron chi connectivity index (χ4n) is 2.51. The van der Waals surface area contributed by atoms with E-state index in [1.54, 1.807) is 6.07 Å². The number of sulfonamides is 1. The smallest absolute Gasteiger partial charge is 0.258 e. The number of thiazole rings is 1. The van der Waals surface area contributed by atoms with Crippen molar-refractivity contribution in [2.45, 2.75) is 17.9 Å². The van der Waals surface area contributed by atoms with Crippen LogP contribution in [0.25, 0.3) is 0 Å². The highest BCUT2D eigenvalue weighted by Gasteiger charge is 2.26. The number of fused-ring (bicyclic) bond motifs is 1. The Hall–Kier alpha value is -1.42. The van der Waals surface area contributed by atoms with Crippen LogP contribution < -0.4 is 5.32 Å². The summed E-state index contributed by atoms with van der Waals surface area (Å²) in [6, 6.07) is 7.40. The summed E-state index contributed by atoms with van der Waals surface area (Å²) >= 11 is 2.85. The van der Waals surface area contributed by atoms with Crippen LogP contribution in [0.4, 0.5) is 5.13 Å². The Kier molecular flexibility index (Phi) is 4.95. The van der Waals surface area contributed by atoms with E-state index in [2.05, 4.69) is 10.3 Å². The molecular formula is C15H17N3O3S3. The third kappa shape index (κ3) is 3.64. The first kappa shape index (κ1) is 17.4. The summed E-state index contributed by atoms with van der Waals surface area (Å²) in [4.78, 5) is 18.7. The molecule has 0 fully saturated rings. The van der Waals surface area contributed by atoms with Crippen LogP contribution in [0.3, 0.4) is 0 Å². The molecule has 0 aliphatic carbocycles. The number of rotatable bonds is 4. The molecule has 0 bridgehead atoms. The van der Waals surface area contributed by atoms with Crippen LogP contribution in [0.15, 0.2) is 29.2 Å². The SMILES string of the molecule is CSc1ccccc1C(=O)Nc1nc2c(s1)CN(S(C)(=O)=O)CC2. The molecule has 0 saturated heterocycles. The van der Waals surface area contributed by atoms with Crippen LogP contribution in [0.1, 0.15) is 20.9 Å². The van der Waals surface area contributed by atoms with E-state index in [-0.39, 0.29) is 5.91 Å². The van der Waals surface area contributed by atoms with Gasteiger partial charge in [-0.3, -0.25) is 10.1 Å². The van der Waals surface area contributed by atoms with Crippen molar-refractivity contribution in [2.75, 3.05) is 24.4 Å². The Bertz CT molecular complexity index is 877. The molecule has 128 valence electrons. The minimum Gasteiger partial charge on any atom is -0.298 e. The van der Waals surface area contributed by atoms with E-state index >= 15 is 0 Å². The number of amides is 1. The van der Waals surface area contributed by atoms with E-state index < -0.39 is 10.0 Å².